The molecular formula is C17H12ClN5O5S. The van der Waals surface area contributed by atoms with E-state index in [1.165, 1.54) is 24.4 Å². The van der Waals surface area contributed by atoms with Gasteiger partial charge in [0, 0.05) is 29.9 Å². The number of nitrogens with zero attached hydrogens (tertiary/aromatic N) is 4. The second-order valence-electron chi connectivity index (χ2n) is 5.57. The zero-order chi connectivity index (χ0) is 21.0. The number of esters is 1. The van der Waals surface area contributed by atoms with E-state index in [1.54, 1.807) is 18.5 Å². The summed E-state index contributed by atoms with van der Waals surface area (Å²) >= 11 is 7.10. The van der Waals surface area contributed by atoms with Gasteiger partial charge in [-0.05, 0) is 19.1 Å². The Kier molecular flexibility index (Phi) is 6.10. The number of anilines is 1. The number of aromatic nitrogens is 3. The van der Waals surface area contributed by atoms with Crippen LogP contribution in [0.4, 0.5) is 11.4 Å². The van der Waals surface area contributed by atoms with Crippen molar-refractivity contribution >= 4 is 46.2 Å². The fourth-order valence-electron chi connectivity index (χ4n) is 2.11. The summed E-state index contributed by atoms with van der Waals surface area (Å²) < 4.78 is 5.12. The quantitative estimate of drug-likeness (QED) is 0.355. The number of nitro benzene ring substituents is 1. The van der Waals surface area contributed by atoms with E-state index >= 15 is 0 Å². The fraction of sp³-hybridized carbons (Fsp3) is 0.118. The van der Waals surface area contributed by atoms with E-state index < -0.39 is 22.9 Å². The lowest BCUT2D eigenvalue weighted by Gasteiger charge is -2.13. The Hall–Kier alpha value is -3.44. The van der Waals surface area contributed by atoms with Crippen LogP contribution in [0.3, 0.4) is 0 Å². The molecule has 0 aliphatic rings. The first-order valence-corrected chi connectivity index (χ1v) is 9.29. The smallest absolute Gasteiger partial charge is 0.358 e. The summed E-state index contributed by atoms with van der Waals surface area (Å²) in [5.74, 6) is -1.08. The zero-order valence-corrected chi connectivity index (χ0v) is 16.3. The number of ether oxygens (including phenoxy) is 1. The Balaban J connectivity index is 1.63. The van der Waals surface area contributed by atoms with E-state index in [2.05, 4.69) is 20.3 Å². The molecular weight excluding hydrogens is 422 g/mol. The number of hydrogen-bond donors (Lipinski definition) is 1. The summed E-state index contributed by atoms with van der Waals surface area (Å²) in [6.45, 7) is 1.38. The lowest BCUT2D eigenvalue weighted by Crippen LogP contribution is -2.30. The maximum absolute atomic E-state index is 12.3. The number of rotatable bonds is 6. The predicted octanol–water partition coefficient (Wildman–Crippen LogP) is 3.35. The van der Waals surface area contributed by atoms with Crippen LogP contribution in [-0.4, -0.2) is 37.9 Å². The Morgan fingerprint density at radius 3 is 2.69 bits per heavy atom. The molecule has 0 saturated carbocycles. The Morgan fingerprint density at radius 2 is 2.03 bits per heavy atom. The van der Waals surface area contributed by atoms with Gasteiger partial charge in [0.15, 0.2) is 22.6 Å². The van der Waals surface area contributed by atoms with E-state index in [4.69, 9.17) is 16.3 Å². The van der Waals surface area contributed by atoms with Gasteiger partial charge in [-0.1, -0.05) is 11.6 Å². The van der Waals surface area contributed by atoms with Crippen LogP contribution in [0.25, 0.3) is 10.8 Å². The van der Waals surface area contributed by atoms with Crippen molar-refractivity contribution in [3.05, 3.63) is 62.9 Å². The molecule has 1 amide bonds. The van der Waals surface area contributed by atoms with Gasteiger partial charge in [-0.3, -0.25) is 14.9 Å². The molecule has 0 saturated heterocycles. The van der Waals surface area contributed by atoms with Gasteiger partial charge in [0.25, 0.3) is 11.6 Å². The van der Waals surface area contributed by atoms with Crippen LogP contribution in [-0.2, 0) is 9.53 Å². The second-order valence-corrected chi connectivity index (χ2v) is 6.83. The molecule has 1 unspecified atom stereocenters. The molecule has 0 bridgehead atoms. The summed E-state index contributed by atoms with van der Waals surface area (Å²) in [6, 6.07) is 5.25. The van der Waals surface area contributed by atoms with E-state index in [0.29, 0.717) is 10.8 Å². The van der Waals surface area contributed by atoms with Crippen LogP contribution in [0.5, 0.6) is 0 Å². The number of hydrogen-bond acceptors (Lipinski definition) is 9. The van der Waals surface area contributed by atoms with Gasteiger partial charge < -0.3 is 10.1 Å². The summed E-state index contributed by atoms with van der Waals surface area (Å²) in [4.78, 5) is 46.8. The van der Waals surface area contributed by atoms with Gasteiger partial charge in [-0.15, -0.1) is 11.3 Å². The molecule has 0 aliphatic carbocycles. The molecule has 0 spiro atoms. The normalized spacial score (nSPS) is 11.5. The summed E-state index contributed by atoms with van der Waals surface area (Å²) in [6.07, 6.45) is 1.95. The number of nitrogens with one attached hydrogen (secondary N) is 1. The third kappa shape index (κ3) is 4.89. The summed E-state index contributed by atoms with van der Waals surface area (Å²) in [5, 5.41) is 15.1. The first-order chi connectivity index (χ1) is 13.8. The lowest BCUT2D eigenvalue weighted by molar-refractivity contribution is -0.384. The number of nitro groups is 1. The largest absolute Gasteiger partial charge is 0.448 e. The van der Waals surface area contributed by atoms with Gasteiger partial charge >= 0.3 is 5.97 Å². The van der Waals surface area contributed by atoms with Crippen molar-refractivity contribution in [2.75, 3.05) is 5.32 Å². The number of benzene rings is 1. The lowest BCUT2D eigenvalue weighted by atomic mass is 10.2. The molecule has 29 heavy (non-hydrogen) atoms. The average molecular weight is 434 g/mol. The molecule has 3 aromatic rings. The first-order valence-electron chi connectivity index (χ1n) is 8.04. The topological polar surface area (TPSA) is 137 Å². The molecule has 12 heteroatoms. The Labute approximate surface area is 172 Å². The first kappa shape index (κ1) is 20.3. The number of amides is 1. The zero-order valence-electron chi connectivity index (χ0n) is 14.7. The minimum absolute atomic E-state index is 0.0157. The van der Waals surface area contributed by atoms with Crippen LogP contribution < -0.4 is 5.32 Å². The van der Waals surface area contributed by atoms with Crippen molar-refractivity contribution in [2.24, 2.45) is 0 Å². The molecule has 1 aromatic carbocycles. The van der Waals surface area contributed by atoms with Crippen LogP contribution >= 0.6 is 22.9 Å². The monoisotopic (exact) mass is 433 g/mol. The SMILES string of the molecule is CC(OC(=O)c1csc(-c2ncccn2)n1)C(=O)Nc1ccc([N+](=O)[O-])cc1Cl. The summed E-state index contributed by atoms with van der Waals surface area (Å²) in [5.41, 5.74) is -0.0398. The van der Waals surface area contributed by atoms with E-state index in [1.807, 2.05) is 0 Å². The average Bonchev–Trinajstić information content (AvgIpc) is 3.20. The molecule has 0 radical (unpaired) electrons. The standard InChI is InChI=1S/C17H12ClN5O5S/c1-9(15(24)21-12-4-3-10(23(26)27)7-11(12)18)28-17(25)13-8-29-16(22-13)14-19-5-2-6-20-14/h2-9H,1H3,(H,21,24). The highest BCUT2D eigenvalue weighted by atomic mass is 35.5. The van der Waals surface area contributed by atoms with Crippen molar-refractivity contribution in [1.82, 2.24) is 15.0 Å². The molecule has 2 aromatic heterocycles. The number of thiazole rings is 1. The van der Waals surface area contributed by atoms with Crippen LogP contribution in [0.15, 0.2) is 42.0 Å². The third-order valence-electron chi connectivity index (χ3n) is 3.54. The number of carbonyl (C=O) groups excluding carboxylic acids is 2. The van der Waals surface area contributed by atoms with E-state index in [9.17, 15) is 19.7 Å². The molecule has 2 heterocycles. The van der Waals surface area contributed by atoms with E-state index in [0.717, 1.165) is 17.4 Å². The van der Waals surface area contributed by atoms with E-state index in [-0.39, 0.29) is 22.1 Å². The molecule has 0 fully saturated rings. The maximum Gasteiger partial charge on any atom is 0.358 e. The van der Waals surface area contributed by atoms with Gasteiger partial charge in [-0.2, -0.15) is 0 Å². The highest BCUT2D eigenvalue weighted by molar-refractivity contribution is 7.13. The highest BCUT2D eigenvalue weighted by Crippen LogP contribution is 2.27. The van der Waals surface area contributed by atoms with Crippen LogP contribution in [0.2, 0.25) is 5.02 Å². The van der Waals surface area contributed by atoms with Gasteiger partial charge in [0.05, 0.1) is 15.6 Å². The van der Waals surface area contributed by atoms with Crippen molar-refractivity contribution in [3.63, 3.8) is 0 Å². The van der Waals surface area contributed by atoms with Crippen molar-refractivity contribution < 1.29 is 19.2 Å². The summed E-state index contributed by atoms with van der Waals surface area (Å²) in [7, 11) is 0. The molecule has 3 rings (SSSR count). The fourth-order valence-corrected chi connectivity index (χ4v) is 3.06. The molecule has 1 atom stereocenters. The molecule has 10 nitrogen and oxygen atoms in total. The third-order valence-corrected chi connectivity index (χ3v) is 4.70. The van der Waals surface area contributed by atoms with Crippen LogP contribution in [0.1, 0.15) is 17.4 Å². The minimum atomic E-state index is -1.16. The minimum Gasteiger partial charge on any atom is -0.448 e. The predicted molar refractivity (Wildman–Crippen MR) is 105 cm³/mol. The van der Waals surface area contributed by atoms with Gasteiger partial charge in [0.2, 0.25) is 0 Å². The molecule has 1 N–H and O–H groups in total. The van der Waals surface area contributed by atoms with Crippen molar-refractivity contribution in [3.8, 4) is 10.8 Å². The number of halogens is 1. The Bertz CT molecular complexity index is 1080. The van der Waals surface area contributed by atoms with Crippen molar-refractivity contribution in [2.45, 2.75) is 13.0 Å². The highest BCUT2D eigenvalue weighted by Gasteiger charge is 2.22. The second kappa shape index (κ2) is 8.71. The number of non-ortho nitro benzene ring substituents is 1. The van der Waals surface area contributed by atoms with Crippen molar-refractivity contribution in [1.29, 1.82) is 0 Å². The van der Waals surface area contributed by atoms with Gasteiger partial charge in [-0.25, -0.2) is 19.7 Å². The number of carbonyl (C=O) groups is 2. The maximum atomic E-state index is 12.3. The van der Waals surface area contributed by atoms with Gasteiger partial charge in [0.1, 0.15) is 0 Å². The molecule has 148 valence electrons. The Morgan fingerprint density at radius 1 is 1.31 bits per heavy atom. The van der Waals surface area contributed by atoms with Crippen LogP contribution in [0, 0.1) is 10.1 Å². The molecule has 0 aliphatic heterocycles.